The molecule has 0 unspecified atom stereocenters. The number of hydrogen-bond acceptors (Lipinski definition) is 2. The highest BCUT2D eigenvalue weighted by atomic mass is 79.9. The highest BCUT2D eigenvalue weighted by Gasteiger charge is 1.89. The second kappa shape index (κ2) is 6.24. The molecule has 1 aromatic carbocycles. The fraction of sp³-hybridized carbons (Fsp3) is 0. The summed E-state index contributed by atoms with van der Waals surface area (Å²) in [6.45, 7) is 0. The summed E-state index contributed by atoms with van der Waals surface area (Å²) in [5.74, 6) is 0. The number of rotatable bonds is 0. The molecule has 0 aliphatic heterocycles. The van der Waals surface area contributed by atoms with Crippen molar-refractivity contribution in [3.63, 3.8) is 0 Å². The van der Waals surface area contributed by atoms with Crippen molar-refractivity contribution < 1.29 is 8.42 Å². The third-order valence-corrected chi connectivity index (χ3v) is 2.74. The van der Waals surface area contributed by atoms with E-state index in [0.717, 1.165) is 8.95 Å². The Morgan fingerprint density at radius 2 is 1.23 bits per heavy atom. The van der Waals surface area contributed by atoms with Crippen LogP contribution in [0.25, 0.3) is 0 Å². The van der Waals surface area contributed by atoms with Gasteiger partial charge in [-0.05, 0) is 44.0 Å². The zero-order valence-corrected chi connectivity index (χ0v) is 11.5. The maximum Gasteiger partial charge on any atom is 0.317 e. The Hall–Kier alpha value is 0.710. The van der Waals surface area contributed by atoms with Gasteiger partial charge in [-0.15, -0.1) is 0 Å². The molecule has 13 heavy (non-hydrogen) atoms. The van der Waals surface area contributed by atoms with Crippen molar-refractivity contribution in [1.29, 1.82) is 0 Å². The van der Waals surface area contributed by atoms with Crippen LogP contribution < -0.4 is 0 Å². The van der Waals surface area contributed by atoms with Crippen molar-refractivity contribution in [3.8, 4) is 0 Å². The van der Waals surface area contributed by atoms with Gasteiger partial charge in [0, 0.05) is 30.3 Å². The monoisotopic (exact) mass is 368 g/mol. The molecular weight excluding hydrogens is 367 g/mol. The van der Waals surface area contributed by atoms with E-state index in [1.54, 1.807) is 0 Å². The smallest absolute Gasteiger partial charge is 0.195 e. The number of benzene rings is 1. The van der Waals surface area contributed by atoms with Crippen molar-refractivity contribution in [2.24, 2.45) is 0 Å². The van der Waals surface area contributed by atoms with Crippen LogP contribution in [0.1, 0.15) is 0 Å². The summed E-state index contributed by atoms with van der Waals surface area (Å²) < 4.78 is 20.5. The van der Waals surface area contributed by atoms with Crippen molar-refractivity contribution in [3.05, 3.63) is 33.2 Å². The highest BCUT2D eigenvalue weighted by Crippen LogP contribution is 2.20. The number of hydrogen-bond donors (Lipinski definition) is 0. The summed E-state index contributed by atoms with van der Waals surface area (Å²) in [4.78, 5) is 0. The lowest BCUT2D eigenvalue weighted by Crippen LogP contribution is -1.63. The highest BCUT2D eigenvalue weighted by molar-refractivity contribution is 9.13. The van der Waals surface area contributed by atoms with Gasteiger partial charge in [0.05, 0.1) is 0 Å². The van der Waals surface area contributed by atoms with E-state index < -0.39 is 8.26 Å². The van der Waals surface area contributed by atoms with Crippen LogP contribution in [-0.2, 0) is 8.26 Å². The van der Waals surface area contributed by atoms with Gasteiger partial charge >= 0.3 is 8.26 Å². The largest absolute Gasteiger partial charge is 0.317 e. The zero-order chi connectivity index (χ0) is 10.5. The molecule has 1 rings (SSSR count). The van der Waals surface area contributed by atoms with Gasteiger partial charge in [-0.1, -0.05) is 12.1 Å². The van der Waals surface area contributed by atoms with Gasteiger partial charge in [-0.25, -0.2) is 0 Å². The molecule has 0 bridgehead atoms. The topological polar surface area (TPSA) is 34.1 Å². The van der Waals surface area contributed by atoms with Crippen LogP contribution in [0, 0.1) is 0 Å². The van der Waals surface area contributed by atoms with Crippen molar-refractivity contribution >= 4 is 61.5 Å². The first-order valence-corrected chi connectivity index (χ1v) is 7.57. The Kier molecular flexibility index (Phi) is 6.58. The molecule has 0 aliphatic carbocycles. The Balaban J connectivity index is 0.000000252. The molecule has 0 fully saturated rings. The molecule has 0 radical (unpaired) electrons. The van der Waals surface area contributed by atoms with Crippen LogP contribution in [0.15, 0.2) is 33.2 Å². The molecule has 0 N–H and O–H groups in total. The lowest BCUT2D eigenvalue weighted by Gasteiger charge is -1.89. The molecular formula is C6H4Br2Cl2O2S. The predicted molar refractivity (Wildman–Crippen MR) is 62.5 cm³/mol. The first kappa shape index (κ1) is 13.7. The summed E-state index contributed by atoms with van der Waals surface area (Å²) >= 11 is 6.70. The lowest BCUT2D eigenvalue weighted by atomic mass is 10.4. The first-order valence-electron chi connectivity index (χ1n) is 2.85. The van der Waals surface area contributed by atoms with Crippen LogP contribution in [0.2, 0.25) is 0 Å². The first-order chi connectivity index (χ1) is 5.80. The van der Waals surface area contributed by atoms with E-state index in [1.165, 1.54) is 0 Å². The Morgan fingerprint density at radius 1 is 1.00 bits per heavy atom. The van der Waals surface area contributed by atoms with Gasteiger partial charge in [-0.2, -0.15) is 8.42 Å². The summed E-state index contributed by atoms with van der Waals surface area (Å²) in [6, 6.07) is 7.94. The molecule has 0 spiro atoms. The van der Waals surface area contributed by atoms with Gasteiger partial charge in [-0.3, -0.25) is 0 Å². The van der Waals surface area contributed by atoms with Crippen LogP contribution in [0.5, 0.6) is 0 Å². The van der Waals surface area contributed by atoms with Crippen LogP contribution in [-0.4, -0.2) is 8.42 Å². The summed E-state index contributed by atoms with van der Waals surface area (Å²) in [6.07, 6.45) is 0. The minimum absolute atomic E-state index is 1.10. The summed E-state index contributed by atoms with van der Waals surface area (Å²) in [5.41, 5.74) is 0. The van der Waals surface area contributed by atoms with Crippen molar-refractivity contribution in [1.82, 2.24) is 0 Å². The van der Waals surface area contributed by atoms with E-state index in [0.29, 0.717) is 0 Å². The maximum absolute atomic E-state index is 9.16. The quantitative estimate of drug-likeness (QED) is 0.649. The average molecular weight is 371 g/mol. The SMILES string of the molecule is Brc1ccccc1Br.O=S(=O)(Cl)Cl. The van der Waals surface area contributed by atoms with Gasteiger partial charge in [0.25, 0.3) is 0 Å². The minimum Gasteiger partial charge on any atom is -0.195 e. The van der Waals surface area contributed by atoms with E-state index in [1.807, 2.05) is 24.3 Å². The van der Waals surface area contributed by atoms with Crippen LogP contribution >= 0.6 is 53.2 Å². The summed E-state index contributed by atoms with van der Waals surface area (Å²) in [7, 11) is 4.81. The van der Waals surface area contributed by atoms with E-state index in [9.17, 15) is 0 Å². The lowest BCUT2D eigenvalue weighted by molar-refractivity contribution is 0.621. The normalized spacial score (nSPS) is 10.2. The molecule has 74 valence electrons. The Labute approximate surface area is 102 Å². The van der Waals surface area contributed by atoms with E-state index in [2.05, 4.69) is 53.2 Å². The van der Waals surface area contributed by atoms with Gasteiger partial charge < -0.3 is 0 Å². The molecule has 1 aromatic rings. The minimum atomic E-state index is -3.72. The maximum atomic E-state index is 9.16. The molecule has 0 atom stereocenters. The van der Waals surface area contributed by atoms with Crippen molar-refractivity contribution in [2.75, 3.05) is 0 Å². The van der Waals surface area contributed by atoms with Crippen molar-refractivity contribution in [2.45, 2.75) is 0 Å². The summed E-state index contributed by atoms with van der Waals surface area (Å²) in [5, 5.41) is 0. The molecule has 0 saturated carbocycles. The Morgan fingerprint density at radius 3 is 1.38 bits per heavy atom. The fourth-order valence-corrected chi connectivity index (χ4v) is 1.01. The van der Waals surface area contributed by atoms with E-state index in [4.69, 9.17) is 8.42 Å². The molecule has 0 saturated heterocycles. The molecule has 0 aromatic heterocycles. The van der Waals surface area contributed by atoms with Crippen LogP contribution in [0.4, 0.5) is 0 Å². The molecule has 2 nitrogen and oxygen atoms in total. The average Bonchev–Trinajstić information content (AvgIpc) is 1.92. The zero-order valence-electron chi connectivity index (χ0n) is 6.05. The van der Waals surface area contributed by atoms with Gasteiger partial charge in [0.15, 0.2) is 0 Å². The third kappa shape index (κ3) is 10.6. The molecule has 0 amide bonds. The standard InChI is InChI=1S/C6H4Br2.Cl2O2S/c7-5-3-1-2-4-6(5)8;1-5(2,3)4/h1-4H;. The van der Waals surface area contributed by atoms with Crippen LogP contribution in [0.3, 0.4) is 0 Å². The third-order valence-electron chi connectivity index (χ3n) is 0.824. The van der Waals surface area contributed by atoms with Gasteiger partial charge in [0.2, 0.25) is 0 Å². The van der Waals surface area contributed by atoms with E-state index >= 15 is 0 Å². The fourth-order valence-electron chi connectivity index (χ4n) is 0.439. The second-order valence-corrected chi connectivity index (χ2v) is 7.17. The predicted octanol–water partition coefficient (Wildman–Crippen LogP) is 3.92. The second-order valence-electron chi connectivity index (χ2n) is 1.79. The molecule has 0 heterocycles. The Bertz CT molecular complexity index is 338. The number of halogens is 4. The molecule has 0 aliphatic rings. The van der Waals surface area contributed by atoms with E-state index in [-0.39, 0.29) is 0 Å². The molecule has 7 heteroatoms. The van der Waals surface area contributed by atoms with Gasteiger partial charge in [0.1, 0.15) is 0 Å².